The Kier molecular flexibility index (Phi) is 4.41. The summed E-state index contributed by atoms with van der Waals surface area (Å²) < 4.78 is 2.23. The van der Waals surface area contributed by atoms with Crippen molar-refractivity contribution >= 4 is 49.1 Å². The summed E-state index contributed by atoms with van der Waals surface area (Å²) in [5.74, 6) is 0.166. The molecule has 0 bridgehead atoms. The largest absolute Gasteiger partial charge is 0.355 e. The van der Waals surface area contributed by atoms with Crippen LogP contribution in [0.5, 0.6) is 0 Å². The molecule has 16 heavy (non-hydrogen) atoms. The van der Waals surface area contributed by atoms with E-state index < -0.39 is 0 Å². The zero-order valence-corrected chi connectivity index (χ0v) is 12.5. The van der Waals surface area contributed by atoms with Crippen molar-refractivity contribution in [2.24, 2.45) is 0 Å². The average Bonchev–Trinajstić information content (AvgIpc) is 2.58. The van der Waals surface area contributed by atoms with Gasteiger partial charge < -0.3 is 10.6 Å². The maximum absolute atomic E-state index is 11.0. The van der Waals surface area contributed by atoms with E-state index in [1.807, 2.05) is 0 Å². The first kappa shape index (κ1) is 12.5. The molecule has 0 saturated carbocycles. The van der Waals surface area contributed by atoms with Gasteiger partial charge in [-0.3, -0.25) is 4.79 Å². The average molecular weight is 368 g/mol. The number of hydrogen-bond donors (Lipinski definition) is 2. The summed E-state index contributed by atoms with van der Waals surface area (Å²) in [6.45, 7) is 1.60. The van der Waals surface area contributed by atoms with Gasteiger partial charge in [0, 0.05) is 34.9 Å². The first-order chi connectivity index (χ1) is 7.65. The monoisotopic (exact) mass is 366 g/mol. The first-order valence-corrected chi connectivity index (χ1v) is 7.49. The van der Waals surface area contributed by atoms with Gasteiger partial charge in [0.2, 0.25) is 5.91 Å². The molecular formula is C10H12Br2N2OS. The Bertz CT molecular complexity index is 365. The van der Waals surface area contributed by atoms with Crippen LogP contribution in [0.25, 0.3) is 0 Å². The van der Waals surface area contributed by atoms with Gasteiger partial charge in [0.1, 0.15) is 0 Å². The van der Waals surface area contributed by atoms with Gasteiger partial charge >= 0.3 is 0 Å². The van der Waals surface area contributed by atoms with Crippen molar-refractivity contribution in [1.29, 1.82) is 0 Å². The number of thiophene rings is 1. The molecule has 0 spiro atoms. The molecule has 1 amide bonds. The second kappa shape index (κ2) is 5.62. The minimum Gasteiger partial charge on any atom is -0.355 e. The lowest BCUT2D eigenvalue weighted by Gasteiger charge is -2.23. The Hall–Kier alpha value is 0.0900. The van der Waals surface area contributed by atoms with Gasteiger partial charge in [0.15, 0.2) is 0 Å². The Morgan fingerprint density at radius 2 is 2.38 bits per heavy atom. The smallest absolute Gasteiger partial charge is 0.220 e. The second-order valence-corrected chi connectivity index (χ2v) is 7.06. The molecule has 2 rings (SSSR count). The lowest BCUT2D eigenvalue weighted by Crippen LogP contribution is -2.45. The van der Waals surface area contributed by atoms with Crippen LogP contribution in [0.3, 0.4) is 0 Å². The van der Waals surface area contributed by atoms with Gasteiger partial charge in [0.25, 0.3) is 0 Å². The molecule has 88 valence electrons. The van der Waals surface area contributed by atoms with E-state index in [0.717, 1.165) is 27.8 Å². The molecule has 1 fully saturated rings. The van der Waals surface area contributed by atoms with Crippen LogP contribution in [-0.4, -0.2) is 18.5 Å². The van der Waals surface area contributed by atoms with Gasteiger partial charge in [-0.1, -0.05) is 0 Å². The van der Waals surface area contributed by atoms with Crippen molar-refractivity contribution in [2.75, 3.05) is 6.54 Å². The normalized spacial score (nSPS) is 20.9. The van der Waals surface area contributed by atoms with Crippen molar-refractivity contribution in [3.05, 3.63) is 19.2 Å². The van der Waals surface area contributed by atoms with Gasteiger partial charge in [-0.2, -0.15) is 0 Å². The molecular weight excluding hydrogens is 356 g/mol. The van der Waals surface area contributed by atoms with Gasteiger partial charge in [-0.15, -0.1) is 11.3 Å². The van der Waals surface area contributed by atoms with E-state index in [1.54, 1.807) is 11.3 Å². The molecule has 1 atom stereocenters. The zero-order valence-electron chi connectivity index (χ0n) is 8.56. The summed E-state index contributed by atoms with van der Waals surface area (Å²) in [5.41, 5.74) is 0. The quantitative estimate of drug-likeness (QED) is 0.862. The number of nitrogens with one attached hydrogen (secondary N) is 2. The Labute approximate surface area is 115 Å². The fourth-order valence-electron chi connectivity index (χ4n) is 1.63. The summed E-state index contributed by atoms with van der Waals surface area (Å²) >= 11 is 8.67. The second-order valence-electron chi connectivity index (χ2n) is 3.75. The number of hydrogen-bond acceptors (Lipinski definition) is 3. The predicted molar refractivity (Wildman–Crippen MR) is 72.6 cm³/mol. The number of carbonyl (C=O) groups excluding carboxylic acids is 1. The first-order valence-electron chi connectivity index (χ1n) is 5.09. The minimum absolute atomic E-state index is 0.166. The Morgan fingerprint density at radius 1 is 1.56 bits per heavy atom. The van der Waals surface area contributed by atoms with E-state index in [2.05, 4.69) is 48.6 Å². The highest BCUT2D eigenvalue weighted by Gasteiger charge is 2.17. The summed E-state index contributed by atoms with van der Waals surface area (Å²) in [6, 6.07) is 2.51. The SMILES string of the molecule is O=C1CCC(NCc2cc(Br)c(Br)s2)CN1. The highest BCUT2D eigenvalue weighted by Crippen LogP contribution is 2.32. The molecule has 1 unspecified atom stereocenters. The molecule has 1 aliphatic heterocycles. The Morgan fingerprint density at radius 3 is 2.94 bits per heavy atom. The summed E-state index contributed by atoms with van der Waals surface area (Å²) in [6.07, 6.45) is 1.56. The molecule has 0 radical (unpaired) electrons. The van der Waals surface area contributed by atoms with Crippen LogP contribution in [0.4, 0.5) is 0 Å². The van der Waals surface area contributed by atoms with E-state index in [1.165, 1.54) is 4.88 Å². The molecule has 3 nitrogen and oxygen atoms in total. The van der Waals surface area contributed by atoms with Crippen LogP contribution in [0.15, 0.2) is 14.3 Å². The molecule has 1 aliphatic rings. The van der Waals surface area contributed by atoms with Crippen molar-refractivity contribution in [2.45, 2.75) is 25.4 Å². The number of amides is 1. The lowest BCUT2D eigenvalue weighted by molar-refractivity contribution is -0.122. The highest BCUT2D eigenvalue weighted by molar-refractivity contribution is 9.13. The van der Waals surface area contributed by atoms with Crippen molar-refractivity contribution in [3.63, 3.8) is 0 Å². The van der Waals surface area contributed by atoms with Crippen molar-refractivity contribution in [3.8, 4) is 0 Å². The lowest BCUT2D eigenvalue weighted by atomic mass is 10.1. The maximum atomic E-state index is 11.0. The third-order valence-corrected chi connectivity index (χ3v) is 5.78. The predicted octanol–water partition coefficient (Wildman–Crippen LogP) is 2.64. The van der Waals surface area contributed by atoms with Crippen LogP contribution in [-0.2, 0) is 11.3 Å². The van der Waals surface area contributed by atoms with Crippen LogP contribution >= 0.6 is 43.2 Å². The van der Waals surface area contributed by atoms with Crippen molar-refractivity contribution in [1.82, 2.24) is 10.6 Å². The third-order valence-electron chi connectivity index (χ3n) is 2.53. The molecule has 1 aromatic heterocycles. The van der Waals surface area contributed by atoms with Gasteiger partial charge in [0.05, 0.1) is 3.79 Å². The molecule has 2 heterocycles. The summed E-state index contributed by atoms with van der Waals surface area (Å²) in [5, 5.41) is 6.32. The highest BCUT2D eigenvalue weighted by atomic mass is 79.9. The van der Waals surface area contributed by atoms with Gasteiger partial charge in [-0.25, -0.2) is 0 Å². The van der Waals surface area contributed by atoms with E-state index >= 15 is 0 Å². The topological polar surface area (TPSA) is 41.1 Å². The van der Waals surface area contributed by atoms with Crippen LogP contribution < -0.4 is 10.6 Å². The van der Waals surface area contributed by atoms with E-state index in [4.69, 9.17) is 0 Å². The standard InChI is InChI=1S/C10H12Br2N2OS/c11-8-3-7(16-10(8)12)5-13-6-1-2-9(15)14-4-6/h3,6,13H,1-2,4-5H2,(H,14,15). The van der Waals surface area contributed by atoms with Gasteiger partial charge in [-0.05, 0) is 44.3 Å². The molecule has 1 aromatic rings. The Balaban J connectivity index is 1.81. The molecule has 0 aromatic carbocycles. The number of carbonyl (C=O) groups is 1. The van der Waals surface area contributed by atoms with E-state index in [-0.39, 0.29) is 5.91 Å². The minimum atomic E-state index is 0.166. The third kappa shape index (κ3) is 3.29. The fourth-order valence-corrected chi connectivity index (χ4v) is 3.76. The maximum Gasteiger partial charge on any atom is 0.220 e. The number of halogens is 2. The van der Waals surface area contributed by atoms with Crippen LogP contribution in [0.1, 0.15) is 17.7 Å². The number of piperidine rings is 1. The summed E-state index contributed by atoms with van der Waals surface area (Å²) in [4.78, 5) is 12.3. The fraction of sp³-hybridized carbons (Fsp3) is 0.500. The van der Waals surface area contributed by atoms with Crippen LogP contribution in [0, 0.1) is 0 Å². The number of rotatable bonds is 3. The van der Waals surface area contributed by atoms with Crippen LogP contribution in [0.2, 0.25) is 0 Å². The molecule has 2 N–H and O–H groups in total. The zero-order chi connectivity index (χ0) is 11.5. The molecule has 1 saturated heterocycles. The molecule has 6 heteroatoms. The molecule has 0 aliphatic carbocycles. The van der Waals surface area contributed by atoms with E-state index in [9.17, 15) is 4.79 Å². The van der Waals surface area contributed by atoms with Crippen molar-refractivity contribution < 1.29 is 4.79 Å². The summed E-state index contributed by atoms with van der Waals surface area (Å²) in [7, 11) is 0. The van der Waals surface area contributed by atoms with E-state index in [0.29, 0.717) is 12.5 Å².